The largest absolute Gasteiger partial charge is 0.508 e. The van der Waals surface area contributed by atoms with Crippen LogP contribution in [0.4, 0.5) is 5.69 Å². The van der Waals surface area contributed by atoms with Crippen molar-refractivity contribution in [2.24, 2.45) is 0 Å². The first-order valence-corrected chi connectivity index (χ1v) is 8.11. The van der Waals surface area contributed by atoms with E-state index in [1.807, 2.05) is 60.7 Å². The lowest BCUT2D eigenvalue weighted by atomic mass is 10.2. The number of methoxy groups -OCH3 is 1. The first kappa shape index (κ1) is 16.7. The number of anilines is 1. The van der Waals surface area contributed by atoms with E-state index in [0.29, 0.717) is 18.9 Å². The molecule has 0 radical (unpaired) electrons. The van der Waals surface area contributed by atoms with Crippen molar-refractivity contribution in [1.29, 1.82) is 0 Å². The highest BCUT2D eigenvalue weighted by Crippen LogP contribution is 2.29. The maximum absolute atomic E-state index is 9.32. The van der Waals surface area contributed by atoms with Crippen LogP contribution in [0.1, 0.15) is 11.1 Å². The summed E-state index contributed by atoms with van der Waals surface area (Å²) in [5.74, 6) is 1.69. The highest BCUT2D eigenvalue weighted by atomic mass is 16.5. The summed E-state index contributed by atoms with van der Waals surface area (Å²) in [7, 11) is 1.64. The number of benzene rings is 3. The van der Waals surface area contributed by atoms with Gasteiger partial charge in [0.05, 0.1) is 7.11 Å². The quantitative estimate of drug-likeness (QED) is 0.620. The molecule has 0 aliphatic carbocycles. The number of phenols is 1. The van der Waals surface area contributed by atoms with Crippen LogP contribution in [0.5, 0.6) is 17.2 Å². The molecular formula is C21H21NO3. The van der Waals surface area contributed by atoms with Crippen LogP contribution in [-0.2, 0) is 13.2 Å². The molecule has 0 heterocycles. The van der Waals surface area contributed by atoms with E-state index in [1.165, 1.54) is 0 Å². The average molecular weight is 335 g/mol. The van der Waals surface area contributed by atoms with Crippen LogP contribution in [0.15, 0.2) is 72.8 Å². The van der Waals surface area contributed by atoms with Gasteiger partial charge in [-0.05, 0) is 47.5 Å². The van der Waals surface area contributed by atoms with Gasteiger partial charge in [-0.2, -0.15) is 0 Å². The SMILES string of the molecule is COc1cc(CNc2ccc(O)cc2)ccc1OCc1ccccc1. The van der Waals surface area contributed by atoms with Crippen molar-refractivity contribution in [2.45, 2.75) is 13.2 Å². The zero-order valence-corrected chi connectivity index (χ0v) is 14.1. The average Bonchev–Trinajstić information content (AvgIpc) is 2.67. The second-order valence-electron chi connectivity index (χ2n) is 5.66. The minimum Gasteiger partial charge on any atom is -0.508 e. The zero-order valence-electron chi connectivity index (χ0n) is 14.1. The molecule has 3 aromatic rings. The van der Waals surface area contributed by atoms with E-state index in [9.17, 15) is 5.11 Å². The van der Waals surface area contributed by atoms with Gasteiger partial charge in [0.2, 0.25) is 0 Å². The van der Waals surface area contributed by atoms with Crippen molar-refractivity contribution in [3.63, 3.8) is 0 Å². The molecule has 0 unspecified atom stereocenters. The number of rotatable bonds is 7. The van der Waals surface area contributed by atoms with Gasteiger partial charge in [0.25, 0.3) is 0 Å². The van der Waals surface area contributed by atoms with Crippen LogP contribution < -0.4 is 14.8 Å². The third-order valence-corrected chi connectivity index (χ3v) is 3.83. The number of aromatic hydroxyl groups is 1. The lowest BCUT2D eigenvalue weighted by Gasteiger charge is -2.13. The molecule has 0 fully saturated rings. The van der Waals surface area contributed by atoms with Crippen LogP contribution >= 0.6 is 0 Å². The Morgan fingerprint density at radius 3 is 2.32 bits per heavy atom. The topological polar surface area (TPSA) is 50.7 Å². The molecule has 128 valence electrons. The summed E-state index contributed by atoms with van der Waals surface area (Å²) in [6.07, 6.45) is 0. The van der Waals surface area contributed by atoms with Gasteiger partial charge >= 0.3 is 0 Å². The Morgan fingerprint density at radius 1 is 0.840 bits per heavy atom. The van der Waals surface area contributed by atoms with E-state index >= 15 is 0 Å². The van der Waals surface area contributed by atoms with Crippen LogP contribution in [0, 0.1) is 0 Å². The number of phenolic OH excluding ortho intramolecular Hbond substituents is 1. The predicted molar refractivity (Wildman–Crippen MR) is 99.2 cm³/mol. The third-order valence-electron chi connectivity index (χ3n) is 3.83. The second kappa shape index (κ2) is 8.11. The molecule has 0 amide bonds. The summed E-state index contributed by atoms with van der Waals surface area (Å²) in [4.78, 5) is 0. The molecule has 0 aliphatic rings. The van der Waals surface area contributed by atoms with Crippen molar-refractivity contribution >= 4 is 5.69 Å². The molecule has 0 saturated heterocycles. The Kier molecular flexibility index (Phi) is 5.42. The Bertz CT molecular complexity index is 801. The van der Waals surface area contributed by atoms with Gasteiger partial charge in [-0.15, -0.1) is 0 Å². The van der Waals surface area contributed by atoms with Gasteiger partial charge in [-0.1, -0.05) is 36.4 Å². The molecule has 3 rings (SSSR count). The van der Waals surface area contributed by atoms with Crippen molar-refractivity contribution in [1.82, 2.24) is 0 Å². The fourth-order valence-electron chi connectivity index (χ4n) is 2.46. The summed E-state index contributed by atoms with van der Waals surface area (Å²) in [5.41, 5.74) is 3.14. The highest BCUT2D eigenvalue weighted by molar-refractivity contribution is 5.48. The Balaban J connectivity index is 1.63. The van der Waals surface area contributed by atoms with Crippen LogP contribution in [0.25, 0.3) is 0 Å². The Hall–Kier alpha value is -3.14. The minimum atomic E-state index is 0.257. The van der Waals surface area contributed by atoms with Crippen LogP contribution in [-0.4, -0.2) is 12.2 Å². The summed E-state index contributed by atoms with van der Waals surface area (Å²) in [6.45, 7) is 1.16. The zero-order chi connectivity index (χ0) is 17.5. The Labute approximate surface area is 147 Å². The molecule has 4 heteroatoms. The van der Waals surface area contributed by atoms with Gasteiger partial charge in [-0.25, -0.2) is 0 Å². The lowest BCUT2D eigenvalue weighted by molar-refractivity contribution is 0.284. The van der Waals surface area contributed by atoms with E-state index in [4.69, 9.17) is 9.47 Å². The van der Waals surface area contributed by atoms with Crippen LogP contribution in [0.2, 0.25) is 0 Å². The minimum absolute atomic E-state index is 0.257. The molecular weight excluding hydrogens is 314 g/mol. The van der Waals surface area contributed by atoms with Crippen molar-refractivity contribution in [3.05, 3.63) is 83.9 Å². The van der Waals surface area contributed by atoms with E-state index in [0.717, 1.165) is 22.6 Å². The van der Waals surface area contributed by atoms with Gasteiger partial charge in [0, 0.05) is 12.2 Å². The maximum atomic E-state index is 9.32. The first-order chi connectivity index (χ1) is 12.2. The molecule has 3 aromatic carbocycles. The van der Waals surface area contributed by atoms with Gasteiger partial charge in [-0.3, -0.25) is 0 Å². The monoisotopic (exact) mass is 335 g/mol. The molecule has 0 aromatic heterocycles. The second-order valence-corrected chi connectivity index (χ2v) is 5.66. The van der Waals surface area contributed by atoms with Gasteiger partial charge in [0.1, 0.15) is 12.4 Å². The summed E-state index contributed by atoms with van der Waals surface area (Å²) >= 11 is 0. The maximum Gasteiger partial charge on any atom is 0.161 e. The smallest absolute Gasteiger partial charge is 0.161 e. The molecule has 0 spiro atoms. The normalized spacial score (nSPS) is 10.3. The number of hydrogen-bond acceptors (Lipinski definition) is 4. The third kappa shape index (κ3) is 4.67. The number of nitrogens with one attached hydrogen (secondary N) is 1. The van der Waals surface area contributed by atoms with Crippen LogP contribution in [0.3, 0.4) is 0 Å². The van der Waals surface area contributed by atoms with Crippen molar-refractivity contribution < 1.29 is 14.6 Å². The molecule has 4 nitrogen and oxygen atoms in total. The summed E-state index contributed by atoms with van der Waals surface area (Å²) < 4.78 is 11.3. The Morgan fingerprint density at radius 2 is 1.60 bits per heavy atom. The highest BCUT2D eigenvalue weighted by Gasteiger charge is 2.06. The predicted octanol–water partition coefficient (Wildman–Crippen LogP) is 4.59. The molecule has 2 N–H and O–H groups in total. The standard InChI is InChI=1S/C21H21NO3/c1-24-21-13-17(14-22-18-8-10-19(23)11-9-18)7-12-20(21)25-15-16-5-3-2-4-6-16/h2-13,22-23H,14-15H2,1H3. The fourth-order valence-corrected chi connectivity index (χ4v) is 2.46. The molecule has 0 bridgehead atoms. The molecule has 0 atom stereocenters. The van der Waals surface area contributed by atoms with E-state index in [1.54, 1.807) is 19.2 Å². The van der Waals surface area contributed by atoms with Crippen molar-refractivity contribution in [3.8, 4) is 17.2 Å². The molecule has 0 aliphatic heterocycles. The summed E-state index contributed by atoms with van der Waals surface area (Å²) in [5, 5.41) is 12.6. The van der Waals surface area contributed by atoms with E-state index in [-0.39, 0.29) is 5.75 Å². The van der Waals surface area contributed by atoms with Crippen molar-refractivity contribution in [2.75, 3.05) is 12.4 Å². The number of ether oxygens (including phenoxy) is 2. The van der Waals surface area contributed by atoms with E-state index in [2.05, 4.69) is 5.32 Å². The first-order valence-electron chi connectivity index (χ1n) is 8.11. The fraction of sp³-hybridized carbons (Fsp3) is 0.143. The number of hydrogen-bond donors (Lipinski definition) is 2. The van der Waals surface area contributed by atoms with Gasteiger partial charge < -0.3 is 19.9 Å². The molecule has 25 heavy (non-hydrogen) atoms. The summed E-state index contributed by atoms with van der Waals surface area (Å²) in [6, 6.07) is 22.9. The van der Waals surface area contributed by atoms with Gasteiger partial charge in [0.15, 0.2) is 11.5 Å². The lowest BCUT2D eigenvalue weighted by Crippen LogP contribution is -2.01. The van der Waals surface area contributed by atoms with E-state index < -0.39 is 0 Å². The molecule has 0 saturated carbocycles.